The SMILES string of the molecule is CC(C)c1ccc(-c2cc3c4nn(CC(=O)NCc5ccco5)c(=O)n4ccn3n2)cc1. The summed E-state index contributed by atoms with van der Waals surface area (Å²) >= 11 is 0. The quantitative estimate of drug-likeness (QED) is 0.447. The van der Waals surface area contributed by atoms with Crippen LogP contribution in [0.15, 0.2) is 70.3 Å². The summed E-state index contributed by atoms with van der Waals surface area (Å²) in [6.45, 7) is 4.37. The second kappa shape index (κ2) is 7.84. The maximum atomic E-state index is 12.8. The van der Waals surface area contributed by atoms with Gasteiger partial charge in [0, 0.05) is 18.0 Å². The van der Waals surface area contributed by atoms with Crippen molar-refractivity contribution in [2.75, 3.05) is 0 Å². The van der Waals surface area contributed by atoms with E-state index in [2.05, 4.69) is 41.5 Å². The third-order valence-electron chi connectivity index (χ3n) is 5.40. The van der Waals surface area contributed by atoms with Crippen molar-refractivity contribution in [3.8, 4) is 11.3 Å². The van der Waals surface area contributed by atoms with Crippen LogP contribution in [0.3, 0.4) is 0 Å². The number of nitrogens with zero attached hydrogens (tertiary/aromatic N) is 5. The van der Waals surface area contributed by atoms with Crippen LogP contribution in [0.2, 0.25) is 0 Å². The minimum absolute atomic E-state index is 0.189. The van der Waals surface area contributed by atoms with Gasteiger partial charge in [0.05, 0.1) is 18.5 Å². The highest BCUT2D eigenvalue weighted by molar-refractivity contribution is 5.77. The molecule has 0 aliphatic rings. The van der Waals surface area contributed by atoms with Gasteiger partial charge < -0.3 is 9.73 Å². The van der Waals surface area contributed by atoms with Crippen LogP contribution in [0, 0.1) is 0 Å². The summed E-state index contributed by atoms with van der Waals surface area (Å²) in [6, 6.07) is 13.7. The van der Waals surface area contributed by atoms with Crippen molar-refractivity contribution in [1.82, 2.24) is 29.1 Å². The lowest BCUT2D eigenvalue weighted by Gasteiger charge is -2.05. The summed E-state index contributed by atoms with van der Waals surface area (Å²) in [4.78, 5) is 25.0. The molecule has 1 aromatic carbocycles. The number of amides is 1. The molecule has 0 spiro atoms. The Labute approximate surface area is 182 Å². The third-order valence-corrected chi connectivity index (χ3v) is 5.40. The van der Waals surface area contributed by atoms with E-state index in [0.717, 1.165) is 15.9 Å². The van der Waals surface area contributed by atoms with Crippen molar-refractivity contribution < 1.29 is 9.21 Å². The van der Waals surface area contributed by atoms with Gasteiger partial charge in [-0.25, -0.2) is 18.4 Å². The minimum Gasteiger partial charge on any atom is -0.467 e. The summed E-state index contributed by atoms with van der Waals surface area (Å²) in [6.07, 6.45) is 4.85. The lowest BCUT2D eigenvalue weighted by atomic mass is 10.0. The topological polar surface area (TPSA) is 98.8 Å². The van der Waals surface area contributed by atoms with E-state index in [1.54, 1.807) is 29.0 Å². The van der Waals surface area contributed by atoms with E-state index < -0.39 is 0 Å². The molecular formula is C23H22N6O3. The molecule has 0 saturated carbocycles. The highest BCUT2D eigenvalue weighted by Gasteiger charge is 2.15. The Morgan fingerprint density at radius 2 is 1.94 bits per heavy atom. The number of rotatable bonds is 6. The minimum atomic E-state index is -0.389. The van der Waals surface area contributed by atoms with E-state index in [9.17, 15) is 9.59 Å². The predicted octanol–water partition coefficient (Wildman–Crippen LogP) is 2.84. The van der Waals surface area contributed by atoms with Crippen LogP contribution in [0.4, 0.5) is 0 Å². The molecule has 5 aromatic rings. The Bertz CT molecular complexity index is 1460. The van der Waals surface area contributed by atoms with Gasteiger partial charge in [0.1, 0.15) is 17.8 Å². The van der Waals surface area contributed by atoms with Crippen LogP contribution in [0.5, 0.6) is 0 Å². The molecule has 162 valence electrons. The fourth-order valence-corrected chi connectivity index (χ4v) is 3.61. The van der Waals surface area contributed by atoms with Gasteiger partial charge in [-0.2, -0.15) is 5.10 Å². The zero-order chi connectivity index (χ0) is 22.2. The van der Waals surface area contributed by atoms with Crippen LogP contribution in [0.25, 0.3) is 22.4 Å². The summed E-state index contributed by atoms with van der Waals surface area (Å²) in [5.41, 5.74) is 3.76. The Kier molecular flexibility index (Phi) is 4.85. The molecule has 0 bridgehead atoms. The molecule has 5 rings (SSSR count). The molecule has 0 radical (unpaired) electrons. The first-order valence-corrected chi connectivity index (χ1v) is 10.4. The van der Waals surface area contributed by atoms with Gasteiger partial charge in [0.2, 0.25) is 5.91 Å². The molecule has 0 saturated heterocycles. The molecule has 9 nitrogen and oxygen atoms in total. The molecule has 0 aliphatic carbocycles. The van der Waals surface area contributed by atoms with E-state index >= 15 is 0 Å². The number of carbonyl (C=O) groups excluding carboxylic acids is 1. The average Bonchev–Trinajstić information content (AvgIpc) is 3.52. The lowest BCUT2D eigenvalue weighted by Crippen LogP contribution is -2.32. The molecule has 1 N–H and O–H groups in total. The number of aromatic nitrogens is 5. The summed E-state index contributed by atoms with van der Waals surface area (Å²) in [7, 11) is 0. The molecule has 9 heteroatoms. The van der Waals surface area contributed by atoms with Gasteiger partial charge in [-0.1, -0.05) is 38.1 Å². The third kappa shape index (κ3) is 3.58. The van der Waals surface area contributed by atoms with Crippen LogP contribution >= 0.6 is 0 Å². The molecule has 4 heterocycles. The fraction of sp³-hybridized carbons (Fsp3) is 0.217. The highest BCUT2D eigenvalue weighted by atomic mass is 16.3. The zero-order valence-electron chi connectivity index (χ0n) is 17.7. The monoisotopic (exact) mass is 430 g/mol. The summed E-state index contributed by atoms with van der Waals surface area (Å²) in [5.74, 6) is 0.759. The predicted molar refractivity (Wildman–Crippen MR) is 118 cm³/mol. The normalized spacial score (nSPS) is 11.6. The number of benzene rings is 1. The van der Waals surface area contributed by atoms with E-state index in [1.807, 2.05) is 18.2 Å². The average molecular weight is 430 g/mol. The Morgan fingerprint density at radius 1 is 1.12 bits per heavy atom. The number of nitrogens with one attached hydrogen (secondary N) is 1. The Hall–Kier alpha value is -4.14. The zero-order valence-corrected chi connectivity index (χ0v) is 17.7. The molecular weight excluding hydrogens is 408 g/mol. The van der Waals surface area contributed by atoms with E-state index in [1.165, 1.54) is 16.2 Å². The first kappa shape index (κ1) is 19.8. The number of hydrogen-bond donors (Lipinski definition) is 1. The number of fused-ring (bicyclic) bond motifs is 3. The summed E-state index contributed by atoms with van der Waals surface area (Å²) in [5, 5.41) is 11.7. The second-order valence-electron chi connectivity index (χ2n) is 7.92. The van der Waals surface area contributed by atoms with Gasteiger partial charge in [0.15, 0.2) is 5.65 Å². The molecule has 0 aliphatic heterocycles. The van der Waals surface area contributed by atoms with Crippen LogP contribution in [-0.4, -0.2) is 29.7 Å². The number of hydrogen-bond acceptors (Lipinski definition) is 5. The Balaban J connectivity index is 1.44. The first-order valence-electron chi connectivity index (χ1n) is 10.4. The summed E-state index contributed by atoms with van der Waals surface area (Å²) < 4.78 is 9.46. The molecule has 1 amide bonds. The molecule has 4 aromatic heterocycles. The van der Waals surface area contributed by atoms with Crippen molar-refractivity contribution in [2.45, 2.75) is 32.9 Å². The fourth-order valence-electron chi connectivity index (χ4n) is 3.61. The van der Waals surface area contributed by atoms with Crippen molar-refractivity contribution >= 4 is 17.1 Å². The van der Waals surface area contributed by atoms with Gasteiger partial charge in [-0.15, -0.1) is 5.10 Å². The van der Waals surface area contributed by atoms with Gasteiger partial charge in [-0.05, 0) is 29.7 Å². The maximum absolute atomic E-state index is 12.8. The molecule has 0 fully saturated rings. The largest absolute Gasteiger partial charge is 0.467 e. The van der Waals surface area contributed by atoms with Crippen molar-refractivity contribution in [1.29, 1.82) is 0 Å². The lowest BCUT2D eigenvalue weighted by molar-refractivity contribution is -0.122. The van der Waals surface area contributed by atoms with Gasteiger partial charge in [-0.3, -0.25) is 4.79 Å². The van der Waals surface area contributed by atoms with Crippen LogP contribution < -0.4 is 11.0 Å². The number of carbonyl (C=O) groups is 1. The van der Waals surface area contributed by atoms with Crippen molar-refractivity contribution in [3.05, 3.63) is 82.9 Å². The smallest absolute Gasteiger partial charge is 0.350 e. The maximum Gasteiger partial charge on any atom is 0.350 e. The van der Waals surface area contributed by atoms with Gasteiger partial charge in [0.25, 0.3) is 0 Å². The Morgan fingerprint density at radius 3 is 2.66 bits per heavy atom. The van der Waals surface area contributed by atoms with Crippen molar-refractivity contribution in [3.63, 3.8) is 0 Å². The number of furan rings is 1. The first-order chi connectivity index (χ1) is 15.5. The highest BCUT2D eigenvalue weighted by Crippen LogP contribution is 2.23. The van der Waals surface area contributed by atoms with Crippen LogP contribution in [-0.2, 0) is 17.9 Å². The molecule has 0 atom stereocenters. The second-order valence-corrected chi connectivity index (χ2v) is 7.92. The van der Waals surface area contributed by atoms with E-state index in [-0.39, 0.29) is 24.7 Å². The standard InChI is InChI=1S/C23H22N6O3/c1-15(2)16-5-7-17(8-6-16)19-12-20-22-26-29(23(31)27(22)9-10-28(20)25-19)14-21(30)24-13-18-4-3-11-32-18/h3-12,15H,13-14H2,1-2H3,(H,24,30). The molecule has 0 unspecified atom stereocenters. The van der Waals surface area contributed by atoms with E-state index in [4.69, 9.17) is 4.42 Å². The van der Waals surface area contributed by atoms with Crippen molar-refractivity contribution in [2.24, 2.45) is 0 Å². The molecule has 32 heavy (non-hydrogen) atoms. The van der Waals surface area contributed by atoms with E-state index in [0.29, 0.717) is 22.8 Å². The van der Waals surface area contributed by atoms with Crippen LogP contribution in [0.1, 0.15) is 31.1 Å². The van der Waals surface area contributed by atoms with Gasteiger partial charge >= 0.3 is 5.69 Å².